The molecule has 2 aliphatic rings. The fraction of sp³-hybridized carbons (Fsp3) is 0.750. The molecule has 0 aliphatic carbocycles. The number of nitrogens with zero attached hydrogens (tertiary/aromatic N) is 2. The lowest BCUT2D eigenvalue weighted by Gasteiger charge is -2.63. The fourth-order valence-electron chi connectivity index (χ4n) is 3.97. The average molecular weight is 292 g/mol. The van der Waals surface area contributed by atoms with Gasteiger partial charge in [-0.15, -0.1) is 6.58 Å². The molecule has 1 amide bonds. The quantitative estimate of drug-likeness (QED) is 0.794. The van der Waals surface area contributed by atoms with E-state index >= 15 is 0 Å². The largest absolute Gasteiger partial charge is 0.465 e. The highest BCUT2D eigenvalue weighted by molar-refractivity contribution is 5.67. The third-order valence-electron chi connectivity index (χ3n) is 5.23. The number of hydrogen-bond acceptors (Lipinski definition) is 3. The van der Waals surface area contributed by atoms with Gasteiger partial charge in [-0.2, -0.15) is 5.26 Å². The van der Waals surface area contributed by atoms with Crippen LogP contribution in [0.4, 0.5) is 4.79 Å². The molecule has 1 N–H and O–H groups in total. The molecule has 5 heteroatoms. The summed E-state index contributed by atoms with van der Waals surface area (Å²) in [6.45, 7) is 10.8. The first-order valence-corrected chi connectivity index (χ1v) is 7.32. The Bertz CT molecular complexity index is 491. The van der Waals surface area contributed by atoms with E-state index < -0.39 is 11.6 Å². The number of amides is 1. The summed E-state index contributed by atoms with van der Waals surface area (Å²) in [6.07, 6.45) is 2.53. The zero-order valence-electron chi connectivity index (χ0n) is 13.1. The Balaban J connectivity index is 2.55. The van der Waals surface area contributed by atoms with E-state index in [9.17, 15) is 15.2 Å². The number of ether oxygens (including phenoxy) is 1. The van der Waals surface area contributed by atoms with Gasteiger partial charge < -0.3 is 9.84 Å². The average Bonchev–Trinajstić information content (AvgIpc) is 2.36. The molecule has 0 saturated carbocycles. The second-order valence-electron chi connectivity index (χ2n) is 7.39. The van der Waals surface area contributed by atoms with Crippen molar-refractivity contribution in [2.45, 2.75) is 51.6 Å². The van der Waals surface area contributed by atoms with Gasteiger partial charge >= 0.3 is 6.09 Å². The number of fused-ring (bicyclic) bond motifs is 2. The minimum absolute atomic E-state index is 0.212. The van der Waals surface area contributed by atoms with Crippen molar-refractivity contribution < 1.29 is 14.6 Å². The Hall–Kier alpha value is -1.54. The number of nitriles is 1. The first-order chi connectivity index (χ1) is 9.71. The molecule has 0 radical (unpaired) electrons. The van der Waals surface area contributed by atoms with Gasteiger partial charge in [0.25, 0.3) is 0 Å². The number of piperidine rings is 1. The molecule has 0 unspecified atom stereocenters. The Morgan fingerprint density at radius 2 is 2.29 bits per heavy atom. The summed E-state index contributed by atoms with van der Waals surface area (Å²) >= 11 is 0. The first-order valence-electron chi connectivity index (χ1n) is 7.32. The predicted octanol–water partition coefficient (Wildman–Crippen LogP) is 3.03. The lowest BCUT2D eigenvalue weighted by atomic mass is 9.57. The van der Waals surface area contributed by atoms with Crippen LogP contribution in [0.2, 0.25) is 0 Å². The minimum atomic E-state index is -0.896. The van der Waals surface area contributed by atoms with Gasteiger partial charge in [0.1, 0.15) is 0 Å². The Morgan fingerprint density at radius 1 is 1.62 bits per heavy atom. The smallest absolute Gasteiger partial charge is 0.408 e. The van der Waals surface area contributed by atoms with Gasteiger partial charge in [-0.05, 0) is 18.3 Å². The van der Waals surface area contributed by atoms with Gasteiger partial charge in [-0.25, -0.2) is 4.79 Å². The van der Waals surface area contributed by atoms with E-state index in [-0.39, 0.29) is 16.9 Å². The maximum Gasteiger partial charge on any atom is 0.408 e. The van der Waals surface area contributed by atoms with Crippen LogP contribution >= 0.6 is 0 Å². The van der Waals surface area contributed by atoms with Gasteiger partial charge in [-0.3, -0.25) is 4.90 Å². The van der Waals surface area contributed by atoms with Crippen molar-refractivity contribution in [2.24, 2.45) is 10.8 Å². The molecular weight excluding hydrogens is 268 g/mol. The minimum Gasteiger partial charge on any atom is -0.465 e. The van der Waals surface area contributed by atoms with Crippen LogP contribution < -0.4 is 0 Å². The normalized spacial score (nSPS) is 35.9. The SMILES string of the molecule is C=C[C@]1(CC#N)C[C@H]2COC[C@](C(C)(C)C)(C1)N2C(=O)O. The van der Waals surface area contributed by atoms with Crippen LogP contribution in [0.25, 0.3) is 0 Å². The number of allylic oxidation sites excluding steroid dienone is 1. The summed E-state index contributed by atoms with van der Waals surface area (Å²) in [6, 6.07) is 2.04. The van der Waals surface area contributed by atoms with Crippen molar-refractivity contribution in [3.63, 3.8) is 0 Å². The summed E-state index contributed by atoms with van der Waals surface area (Å²) in [4.78, 5) is 13.4. The van der Waals surface area contributed by atoms with Crippen LogP contribution in [0.15, 0.2) is 12.7 Å². The number of hydrogen-bond donors (Lipinski definition) is 1. The van der Waals surface area contributed by atoms with Crippen LogP contribution in [-0.4, -0.2) is 40.9 Å². The molecule has 2 aliphatic heterocycles. The molecule has 3 atom stereocenters. The van der Waals surface area contributed by atoms with E-state index in [0.29, 0.717) is 32.5 Å². The maximum atomic E-state index is 11.9. The molecular formula is C16H24N2O3. The van der Waals surface area contributed by atoms with E-state index in [1.165, 1.54) is 0 Å². The highest BCUT2D eigenvalue weighted by Crippen LogP contribution is 2.54. The third-order valence-corrected chi connectivity index (χ3v) is 5.23. The first kappa shape index (κ1) is 15.8. The number of rotatable bonds is 2. The molecule has 21 heavy (non-hydrogen) atoms. The molecule has 0 aromatic heterocycles. The highest BCUT2D eigenvalue weighted by atomic mass is 16.5. The molecule has 2 fully saturated rings. The van der Waals surface area contributed by atoms with Gasteiger partial charge in [0.2, 0.25) is 0 Å². The van der Waals surface area contributed by atoms with Crippen molar-refractivity contribution in [3.8, 4) is 6.07 Å². The summed E-state index contributed by atoms with van der Waals surface area (Å²) in [7, 11) is 0. The van der Waals surface area contributed by atoms with E-state index in [1.54, 1.807) is 4.90 Å². The van der Waals surface area contributed by atoms with Crippen molar-refractivity contribution in [1.82, 2.24) is 4.90 Å². The summed E-state index contributed by atoms with van der Waals surface area (Å²) < 4.78 is 5.74. The van der Waals surface area contributed by atoms with Crippen molar-refractivity contribution in [3.05, 3.63) is 12.7 Å². The monoisotopic (exact) mass is 292 g/mol. The van der Waals surface area contributed by atoms with Gasteiger partial charge in [0.15, 0.2) is 0 Å². The van der Waals surface area contributed by atoms with Crippen LogP contribution in [0.5, 0.6) is 0 Å². The lowest BCUT2D eigenvalue weighted by molar-refractivity contribution is -0.178. The zero-order valence-corrected chi connectivity index (χ0v) is 13.1. The molecule has 0 aromatic carbocycles. The maximum absolute atomic E-state index is 11.9. The number of morpholine rings is 1. The summed E-state index contributed by atoms with van der Waals surface area (Å²) in [5.74, 6) is 0. The molecule has 2 saturated heterocycles. The van der Waals surface area contributed by atoms with Crippen LogP contribution in [0, 0.1) is 22.2 Å². The van der Waals surface area contributed by atoms with E-state index in [2.05, 4.69) is 12.6 Å². The van der Waals surface area contributed by atoms with Crippen LogP contribution in [-0.2, 0) is 4.74 Å². The number of carboxylic acid groups (broad SMARTS) is 1. The standard InChI is InChI=1S/C16H24N2O3/c1-5-15(6-7-17)8-12-9-21-11-16(10-15,14(2,3)4)18(12)13(19)20/h5,12H,1,6,8-11H2,2-4H3,(H,19,20)/t12-,15-,16-/m0/s1. The van der Waals surface area contributed by atoms with Gasteiger partial charge in [0, 0.05) is 11.8 Å². The van der Waals surface area contributed by atoms with Crippen LogP contribution in [0.3, 0.4) is 0 Å². The van der Waals surface area contributed by atoms with E-state index in [1.807, 2.05) is 26.8 Å². The van der Waals surface area contributed by atoms with Gasteiger partial charge in [0.05, 0.1) is 30.9 Å². The van der Waals surface area contributed by atoms with E-state index in [0.717, 1.165) is 0 Å². The molecule has 0 spiro atoms. The molecule has 116 valence electrons. The molecule has 2 bridgehead atoms. The Labute approximate surface area is 126 Å². The van der Waals surface area contributed by atoms with Crippen LogP contribution in [0.1, 0.15) is 40.0 Å². The van der Waals surface area contributed by atoms with Crippen molar-refractivity contribution >= 4 is 6.09 Å². The summed E-state index contributed by atoms with van der Waals surface area (Å²) in [5.41, 5.74) is -1.23. The summed E-state index contributed by atoms with van der Waals surface area (Å²) in [5, 5.41) is 18.9. The molecule has 2 rings (SSSR count). The zero-order chi connectivity index (χ0) is 15.9. The Kier molecular flexibility index (Phi) is 3.79. The van der Waals surface area contributed by atoms with Gasteiger partial charge in [-0.1, -0.05) is 26.8 Å². The highest BCUT2D eigenvalue weighted by Gasteiger charge is 2.61. The van der Waals surface area contributed by atoms with E-state index in [4.69, 9.17) is 4.74 Å². The molecule has 2 heterocycles. The predicted molar refractivity (Wildman–Crippen MR) is 78.8 cm³/mol. The second-order valence-corrected chi connectivity index (χ2v) is 7.39. The Morgan fingerprint density at radius 3 is 2.76 bits per heavy atom. The molecule has 5 nitrogen and oxygen atoms in total. The lowest BCUT2D eigenvalue weighted by Crippen LogP contribution is -2.73. The molecule has 0 aromatic rings. The topological polar surface area (TPSA) is 73.6 Å². The third kappa shape index (κ3) is 2.32. The second kappa shape index (κ2) is 5.03. The number of carbonyl (C=O) groups is 1. The fourth-order valence-corrected chi connectivity index (χ4v) is 3.97. The van der Waals surface area contributed by atoms with Crippen molar-refractivity contribution in [1.29, 1.82) is 5.26 Å². The van der Waals surface area contributed by atoms with Crippen molar-refractivity contribution in [2.75, 3.05) is 13.2 Å².